The molecule has 0 spiro atoms. The van der Waals surface area contributed by atoms with Crippen molar-refractivity contribution in [1.82, 2.24) is 10.4 Å². The van der Waals surface area contributed by atoms with Crippen molar-refractivity contribution >= 4 is 11.6 Å². The van der Waals surface area contributed by atoms with Crippen LogP contribution in [0.1, 0.15) is 11.8 Å². The normalized spacial score (nSPS) is 19.5. The monoisotopic (exact) mass is 255 g/mol. The van der Waals surface area contributed by atoms with Crippen molar-refractivity contribution in [1.29, 1.82) is 0 Å². The van der Waals surface area contributed by atoms with E-state index in [1.165, 1.54) is 5.01 Å². The first-order valence-corrected chi connectivity index (χ1v) is 6.00. The van der Waals surface area contributed by atoms with Crippen LogP contribution < -0.4 is 10.4 Å². The van der Waals surface area contributed by atoms with Gasteiger partial charge in [-0.1, -0.05) is 30.3 Å². The van der Waals surface area contributed by atoms with Crippen LogP contribution in [0.2, 0.25) is 0 Å². The van der Waals surface area contributed by atoms with Crippen molar-refractivity contribution < 1.29 is 9.53 Å². The van der Waals surface area contributed by atoms with Gasteiger partial charge in [0, 0.05) is 6.20 Å². The third-order valence-corrected chi connectivity index (χ3v) is 2.88. The molecule has 0 aliphatic carbocycles. The van der Waals surface area contributed by atoms with Crippen LogP contribution in [-0.2, 0) is 9.53 Å². The number of anilines is 1. The first kappa shape index (κ1) is 11.8. The summed E-state index contributed by atoms with van der Waals surface area (Å²) in [5.74, 6) is -0.139. The Morgan fingerprint density at radius 1 is 1.21 bits per heavy atom. The number of benzene rings is 1. The van der Waals surface area contributed by atoms with Gasteiger partial charge in [-0.2, -0.15) is 5.43 Å². The van der Waals surface area contributed by atoms with Crippen LogP contribution >= 0.6 is 0 Å². The van der Waals surface area contributed by atoms with Crippen molar-refractivity contribution in [3.63, 3.8) is 0 Å². The lowest BCUT2D eigenvalue weighted by molar-refractivity contribution is -0.133. The summed E-state index contributed by atoms with van der Waals surface area (Å²) in [4.78, 5) is 15.9. The minimum atomic E-state index is -0.334. The highest BCUT2D eigenvalue weighted by molar-refractivity contribution is 5.93. The number of rotatable bonds is 2. The standard InChI is InChI=1S/C14H13N3O2/c18-13-10-19-14(11-5-2-1-3-6-11)16-17(13)12-7-4-8-15-9-12/h1-9,14,16H,10H2. The zero-order valence-corrected chi connectivity index (χ0v) is 10.2. The molecule has 2 heterocycles. The first-order valence-electron chi connectivity index (χ1n) is 6.00. The molecule has 1 aliphatic heterocycles. The Morgan fingerprint density at radius 3 is 2.79 bits per heavy atom. The molecule has 1 unspecified atom stereocenters. The van der Waals surface area contributed by atoms with E-state index in [1.807, 2.05) is 36.4 Å². The second-order valence-corrected chi connectivity index (χ2v) is 4.17. The SMILES string of the molecule is O=C1COC(c2ccccc2)NN1c1cccnc1. The van der Waals surface area contributed by atoms with Crippen LogP contribution in [0.3, 0.4) is 0 Å². The van der Waals surface area contributed by atoms with Crippen LogP contribution in [0.15, 0.2) is 54.9 Å². The third-order valence-electron chi connectivity index (χ3n) is 2.88. The van der Waals surface area contributed by atoms with Gasteiger partial charge in [-0.05, 0) is 17.7 Å². The molecule has 1 N–H and O–H groups in total. The maximum absolute atomic E-state index is 11.9. The quantitative estimate of drug-likeness (QED) is 0.886. The van der Waals surface area contributed by atoms with E-state index in [4.69, 9.17) is 4.74 Å². The van der Waals surface area contributed by atoms with Crippen molar-refractivity contribution in [2.45, 2.75) is 6.23 Å². The molecule has 19 heavy (non-hydrogen) atoms. The summed E-state index contributed by atoms with van der Waals surface area (Å²) in [5, 5.41) is 1.48. The summed E-state index contributed by atoms with van der Waals surface area (Å²) in [6.45, 7) is 0.0431. The molecule has 1 amide bonds. The lowest BCUT2D eigenvalue weighted by Crippen LogP contribution is -2.52. The van der Waals surface area contributed by atoms with E-state index in [-0.39, 0.29) is 18.7 Å². The molecule has 1 saturated heterocycles. The van der Waals surface area contributed by atoms with Gasteiger partial charge in [-0.25, -0.2) is 5.01 Å². The lowest BCUT2D eigenvalue weighted by atomic mass is 10.2. The Balaban J connectivity index is 1.84. The second-order valence-electron chi connectivity index (χ2n) is 4.17. The summed E-state index contributed by atoms with van der Waals surface area (Å²) in [6, 6.07) is 13.3. The van der Waals surface area contributed by atoms with Crippen LogP contribution in [-0.4, -0.2) is 17.5 Å². The molecule has 0 radical (unpaired) electrons. The van der Waals surface area contributed by atoms with Crippen LogP contribution in [0.25, 0.3) is 0 Å². The highest BCUT2D eigenvalue weighted by atomic mass is 16.5. The molecule has 96 valence electrons. The van der Waals surface area contributed by atoms with Crippen molar-refractivity contribution in [3.8, 4) is 0 Å². The highest BCUT2D eigenvalue weighted by Gasteiger charge is 2.27. The Morgan fingerprint density at radius 2 is 2.05 bits per heavy atom. The summed E-state index contributed by atoms with van der Waals surface area (Å²) < 4.78 is 5.51. The first-order chi connectivity index (χ1) is 9.34. The van der Waals surface area contributed by atoms with Crippen LogP contribution in [0.4, 0.5) is 5.69 Å². The number of carbonyl (C=O) groups is 1. The number of hydrogen-bond acceptors (Lipinski definition) is 4. The number of nitrogens with one attached hydrogen (secondary N) is 1. The molecular weight excluding hydrogens is 242 g/mol. The van der Waals surface area contributed by atoms with Crippen molar-refractivity contribution in [2.75, 3.05) is 11.6 Å². The average molecular weight is 255 g/mol. The van der Waals surface area contributed by atoms with Gasteiger partial charge in [0.1, 0.15) is 6.61 Å². The summed E-state index contributed by atoms with van der Waals surface area (Å²) in [5.41, 5.74) is 4.74. The Labute approximate surface area is 110 Å². The zero-order chi connectivity index (χ0) is 13.1. The summed E-state index contributed by atoms with van der Waals surface area (Å²) in [6.07, 6.45) is 2.97. The number of carbonyl (C=O) groups excluding carboxylic acids is 1. The van der Waals surface area contributed by atoms with Gasteiger partial charge >= 0.3 is 0 Å². The zero-order valence-electron chi connectivity index (χ0n) is 10.2. The highest BCUT2D eigenvalue weighted by Crippen LogP contribution is 2.21. The number of pyridine rings is 1. The van der Waals surface area contributed by atoms with Gasteiger partial charge in [0.05, 0.1) is 11.9 Å². The smallest absolute Gasteiger partial charge is 0.267 e. The van der Waals surface area contributed by atoms with E-state index < -0.39 is 0 Å². The molecule has 1 aromatic heterocycles. The topological polar surface area (TPSA) is 54.5 Å². The van der Waals surface area contributed by atoms with Crippen LogP contribution in [0.5, 0.6) is 0 Å². The molecule has 5 heteroatoms. The van der Waals surface area contributed by atoms with E-state index in [0.717, 1.165) is 5.56 Å². The molecule has 2 aromatic rings. The van der Waals surface area contributed by atoms with Gasteiger partial charge in [-0.15, -0.1) is 0 Å². The molecule has 1 atom stereocenters. The molecule has 3 rings (SSSR count). The molecular formula is C14H13N3O2. The van der Waals surface area contributed by atoms with Gasteiger partial charge < -0.3 is 4.74 Å². The number of aromatic nitrogens is 1. The van der Waals surface area contributed by atoms with Gasteiger partial charge in [0.25, 0.3) is 5.91 Å². The number of hydrazine groups is 1. The van der Waals surface area contributed by atoms with Crippen LogP contribution in [0, 0.1) is 0 Å². The Bertz CT molecular complexity index is 559. The Kier molecular flexibility index (Phi) is 3.22. The molecule has 1 aliphatic rings. The second kappa shape index (κ2) is 5.17. The minimum absolute atomic E-state index is 0.0431. The number of nitrogens with zero attached hydrogens (tertiary/aromatic N) is 2. The van der Waals surface area contributed by atoms with Crippen molar-refractivity contribution in [3.05, 3.63) is 60.4 Å². The fourth-order valence-corrected chi connectivity index (χ4v) is 1.95. The van der Waals surface area contributed by atoms with E-state index in [2.05, 4.69) is 10.4 Å². The number of hydrogen-bond donors (Lipinski definition) is 1. The van der Waals surface area contributed by atoms with Gasteiger partial charge in [-0.3, -0.25) is 9.78 Å². The van der Waals surface area contributed by atoms with E-state index in [0.29, 0.717) is 5.69 Å². The number of ether oxygens (including phenoxy) is 1. The fourth-order valence-electron chi connectivity index (χ4n) is 1.95. The number of amides is 1. The minimum Gasteiger partial charge on any atom is -0.348 e. The lowest BCUT2D eigenvalue weighted by Gasteiger charge is -2.33. The predicted molar refractivity (Wildman–Crippen MR) is 70.0 cm³/mol. The molecule has 5 nitrogen and oxygen atoms in total. The predicted octanol–water partition coefficient (Wildman–Crippen LogP) is 1.65. The van der Waals surface area contributed by atoms with E-state index in [9.17, 15) is 4.79 Å². The van der Waals surface area contributed by atoms with E-state index in [1.54, 1.807) is 18.5 Å². The molecule has 1 aromatic carbocycles. The van der Waals surface area contributed by atoms with E-state index >= 15 is 0 Å². The van der Waals surface area contributed by atoms with Gasteiger partial charge in [0.2, 0.25) is 0 Å². The average Bonchev–Trinajstić information content (AvgIpc) is 2.49. The fraction of sp³-hybridized carbons (Fsp3) is 0.143. The van der Waals surface area contributed by atoms with Crippen molar-refractivity contribution in [2.24, 2.45) is 0 Å². The van der Waals surface area contributed by atoms with Gasteiger partial charge in [0.15, 0.2) is 6.23 Å². The molecule has 1 fully saturated rings. The maximum atomic E-state index is 11.9. The Hall–Kier alpha value is -2.24. The molecule has 0 bridgehead atoms. The molecule has 0 saturated carbocycles. The summed E-state index contributed by atoms with van der Waals surface area (Å²) in [7, 11) is 0. The summed E-state index contributed by atoms with van der Waals surface area (Å²) >= 11 is 0. The third kappa shape index (κ3) is 2.47. The largest absolute Gasteiger partial charge is 0.348 e. The maximum Gasteiger partial charge on any atom is 0.267 e.